The Labute approximate surface area is 215 Å². The number of aliphatic hydroxyl groups is 1. The number of anilines is 2. The average molecular weight is 499 g/mol. The van der Waals surface area contributed by atoms with Crippen molar-refractivity contribution in [3.8, 4) is 0 Å². The number of fused-ring (bicyclic) bond motifs is 1. The standard InChI is InChI=1S/C28H42N4O4/c1-7-18-10-15-21-24(23(18)26(34)29-6)28(36)32(22(16-33)17(4)5)25(21)27(35)30-19-11-13-20(14-12-19)31(8-2)9-3/h10-15,17-18,21-25,33H,7-9,16H2,1-6H3,(H,29,34)(H,30,35)/t18-,21+,22+,23-,24+,25+/m1/s1. The van der Waals surface area contributed by atoms with E-state index in [1.54, 1.807) is 11.9 Å². The minimum Gasteiger partial charge on any atom is -0.394 e. The quantitative estimate of drug-likeness (QED) is 0.431. The van der Waals surface area contributed by atoms with E-state index >= 15 is 0 Å². The van der Waals surface area contributed by atoms with Gasteiger partial charge in [-0.15, -0.1) is 0 Å². The fourth-order valence-corrected chi connectivity index (χ4v) is 5.90. The van der Waals surface area contributed by atoms with Gasteiger partial charge in [-0.25, -0.2) is 0 Å². The SMILES string of the molecule is CC[C@@H]1C=C[C@H]2[C@H](C(=O)N([C@@H](CO)C(C)C)[C@@H]2C(=O)Nc2ccc(N(CC)CC)cc2)[C@@H]1C(=O)NC. The molecule has 0 aromatic heterocycles. The Hall–Kier alpha value is -2.87. The van der Waals surface area contributed by atoms with E-state index in [2.05, 4.69) is 29.4 Å². The minimum absolute atomic E-state index is 0.0628. The van der Waals surface area contributed by atoms with Crippen LogP contribution in [0.15, 0.2) is 36.4 Å². The van der Waals surface area contributed by atoms with E-state index in [4.69, 9.17) is 0 Å². The third-order valence-electron chi connectivity index (χ3n) is 7.91. The molecule has 6 atom stereocenters. The minimum atomic E-state index is -0.814. The molecule has 1 aromatic carbocycles. The Morgan fingerprint density at radius 2 is 1.69 bits per heavy atom. The molecule has 0 spiro atoms. The summed E-state index contributed by atoms with van der Waals surface area (Å²) in [5, 5.41) is 15.9. The van der Waals surface area contributed by atoms with Gasteiger partial charge in [-0.2, -0.15) is 0 Å². The van der Waals surface area contributed by atoms with Crippen molar-refractivity contribution in [3.63, 3.8) is 0 Å². The summed E-state index contributed by atoms with van der Waals surface area (Å²) in [5.41, 5.74) is 1.72. The first-order valence-corrected chi connectivity index (χ1v) is 13.2. The number of likely N-dealkylation sites (tertiary alicyclic amines) is 1. The zero-order valence-electron chi connectivity index (χ0n) is 22.4. The molecule has 1 saturated heterocycles. The number of benzene rings is 1. The zero-order chi connectivity index (χ0) is 26.6. The molecule has 36 heavy (non-hydrogen) atoms. The van der Waals surface area contributed by atoms with E-state index in [0.29, 0.717) is 12.1 Å². The average Bonchev–Trinajstić information content (AvgIpc) is 3.17. The Morgan fingerprint density at radius 3 is 2.19 bits per heavy atom. The number of hydrogen-bond acceptors (Lipinski definition) is 5. The lowest BCUT2D eigenvalue weighted by Gasteiger charge is -2.35. The summed E-state index contributed by atoms with van der Waals surface area (Å²) in [7, 11) is 1.58. The molecule has 0 unspecified atom stereocenters. The van der Waals surface area contributed by atoms with Crippen molar-refractivity contribution in [1.82, 2.24) is 10.2 Å². The number of nitrogens with one attached hydrogen (secondary N) is 2. The maximum Gasteiger partial charge on any atom is 0.247 e. The maximum absolute atomic E-state index is 13.9. The van der Waals surface area contributed by atoms with Gasteiger partial charge in [-0.1, -0.05) is 32.9 Å². The number of hydrogen-bond donors (Lipinski definition) is 3. The molecular weight excluding hydrogens is 456 g/mol. The largest absolute Gasteiger partial charge is 0.394 e. The maximum atomic E-state index is 13.9. The molecule has 3 N–H and O–H groups in total. The molecule has 1 aliphatic heterocycles. The van der Waals surface area contributed by atoms with Crippen molar-refractivity contribution in [2.24, 2.45) is 29.6 Å². The van der Waals surface area contributed by atoms with Crippen LogP contribution in [-0.2, 0) is 14.4 Å². The van der Waals surface area contributed by atoms with Crippen molar-refractivity contribution >= 4 is 29.1 Å². The number of rotatable bonds is 10. The van der Waals surface area contributed by atoms with Gasteiger partial charge in [0.25, 0.3) is 0 Å². The highest BCUT2D eigenvalue weighted by Crippen LogP contribution is 2.46. The van der Waals surface area contributed by atoms with Gasteiger partial charge >= 0.3 is 0 Å². The Balaban J connectivity index is 1.98. The molecule has 2 aliphatic rings. The molecule has 8 heteroatoms. The fourth-order valence-electron chi connectivity index (χ4n) is 5.90. The summed E-state index contributed by atoms with van der Waals surface area (Å²) < 4.78 is 0. The van der Waals surface area contributed by atoms with Gasteiger partial charge in [-0.3, -0.25) is 14.4 Å². The van der Waals surface area contributed by atoms with Gasteiger partial charge < -0.3 is 25.5 Å². The van der Waals surface area contributed by atoms with Crippen LogP contribution >= 0.6 is 0 Å². The molecule has 1 aromatic rings. The number of amides is 3. The number of nitrogens with zero attached hydrogens (tertiary/aromatic N) is 2. The summed E-state index contributed by atoms with van der Waals surface area (Å²) in [5.74, 6) is -2.53. The lowest BCUT2D eigenvalue weighted by Crippen LogP contribution is -2.52. The Bertz CT molecular complexity index is 957. The van der Waals surface area contributed by atoms with E-state index in [0.717, 1.165) is 18.8 Å². The van der Waals surface area contributed by atoms with E-state index in [1.807, 2.05) is 57.2 Å². The number of allylic oxidation sites excluding steroid dienone is 1. The predicted octanol–water partition coefficient (Wildman–Crippen LogP) is 2.89. The Kier molecular flexibility index (Phi) is 9.17. The second-order valence-electron chi connectivity index (χ2n) is 10.1. The molecule has 0 radical (unpaired) electrons. The van der Waals surface area contributed by atoms with Gasteiger partial charge in [0, 0.05) is 37.4 Å². The third kappa shape index (κ3) is 5.14. The first-order chi connectivity index (χ1) is 17.2. The highest BCUT2D eigenvalue weighted by atomic mass is 16.3. The highest BCUT2D eigenvalue weighted by Gasteiger charge is 2.58. The van der Waals surface area contributed by atoms with E-state index in [9.17, 15) is 19.5 Å². The lowest BCUT2D eigenvalue weighted by molar-refractivity contribution is -0.143. The zero-order valence-corrected chi connectivity index (χ0v) is 22.4. The van der Waals surface area contributed by atoms with Crippen molar-refractivity contribution in [2.75, 3.05) is 37.0 Å². The molecular formula is C28H42N4O4. The van der Waals surface area contributed by atoms with Crippen molar-refractivity contribution in [2.45, 2.75) is 53.1 Å². The summed E-state index contributed by atoms with van der Waals surface area (Å²) in [6, 6.07) is 6.34. The molecule has 8 nitrogen and oxygen atoms in total. The van der Waals surface area contributed by atoms with Crippen LogP contribution in [0.5, 0.6) is 0 Å². The highest BCUT2D eigenvalue weighted by molar-refractivity contribution is 6.02. The molecule has 3 rings (SSSR count). The normalized spacial score (nSPS) is 26.1. The second kappa shape index (κ2) is 11.9. The molecule has 1 aliphatic carbocycles. The van der Waals surface area contributed by atoms with E-state index < -0.39 is 29.8 Å². The molecule has 198 valence electrons. The first-order valence-electron chi connectivity index (χ1n) is 13.2. The number of carbonyl (C=O) groups excluding carboxylic acids is 3. The predicted molar refractivity (Wildman–Crippen MR) is 142 cm³/mol. The van der Waals surface area contributed by atoms with Gasteiger partial charge in [0.15, 0.2) is 0 Å². The monoisotopic (exact) mass is 498 g/mol. The van der Waals surface area contributed by atoms with Crippen molar-refractivity contribution < 1.29 is 19.5 Å². The van der Waals surface area contributed by atoms with Crippen LogP contribution in [0.4, 0.5) is 11.4 Å². The van der Waals surface area contributed by atoms with Gasteiger partial charge in [-0.05, 0) is 56.4 Å². The summed E-state index contributed by atoms with van der Waals surface area (Å²) >= 11 is 0. The molecule has 0 bridgehead atoms. The summed E-state index contributed by atoms with van der Waals surface area (Å²) in [4.78, 5) is 44.4. The van der Waals surface area contributed by atoms with Crippen LogP contribution < -0.4 is 15.5 Å². The topological polar surface area (TPSA) is 102 Å². The Morgan fingerprint density at radius 1 is 1.06 bits per heavy atom. The first kappa shape index (κ1) is 27.7. The van der Waals surface area contributed by atoms with E-state index in [1.165, 1.54) is 0 Å². The molecule has 1 fully saturated rings. The molecule has 0 saturated carbocycles. The van der Waals surface area contributed by atoms with Crippen LogP contribution in [-0.4, -0.2) is 66.6 Å². The third-order valence-corrected chi connectivity index (χ3v) is 7.91. The summed E-state index contributed by atoms with van der Waals surface area (Å²) in [6.45, 7) is 11.6. The van der Waals surface area contributed by atoms with Crippen LogP contribution in [0.3, 0.4) is 0 Å². The number of aliphatic hydroxyl groups excluding tert-OH is 1. The van der Waals surface area contributed by atoms with Gasteiger partial charge in [0.05, 0.1) is 24.5 Å². The summed E-state index contributed by atoms with van der Waals surface area (Å²) in [6.07, 6.45) is 4.65. The van der Waals surface area contributed by atoms with Crippen LogP contribution in [0.1, 0.15) is 41.0 Å². The van der Waals surface area contributed by atoms with Crippen molar-refractivity contribution in [3.05, 3.63) is 36.4 Å². The number of carbonyl (C=O) groups is 3. The fraction of sp³-hybridized carbons (Fsp3) is 0.607. The van der Waals surface area contributed by atoms with Gasteiger partial charge in [0.2, 0.25) is 17.7 Å². The molecule has 1 heterocycles. The van der Waals surface area contributed by atoms with E-state index in [-0.39, 0.29) is 36.2 Å². The van der Waals surface area contributed by atoms with Gasteiger partial charge in [0.1, 0.15) is 6.04 Å². The van der Waals surface area contributed by atoms with Crippen molar-refractivity contribution in [1.29, 1.82) is 0 Å². The smallest absolute Gasteiger partial charge is 0.247 e. The van der Waals surface area contributed by atoms with Crippen LogP contribution in [0.25, 0.3) is 0 Å². The van der Waals surface area contributed by atoms with Crippen LogP contribution in [0, 0.1) is 29.6 Å². The second-order valence-corrected chi connectivity index (χ2v) is 10.1. The lowest BCUT2D eigenvalue weighted by atomic mass is 9.69. The van der Waals surface area contributed by atoms with Crippen LogP contribution in [0.2, 0.25) is 0 Å². The molecule has 3 amide bonds.